The molecule has 2 heterocycles. The van der Waals surface area contributed by atoms with Crippen molar-refractivity contribution in [1.29, 1.82) is 0 Å². The summed E-state index contributed by atoms with van der Waals surface area (Å²) in [7, 11) is 1.70. The number of benzene rings is 2. The molecule has 0 bridgehead atoms. The summed E-state index contributed by atoms with van der Waals surface area (Å²) in [6.45, 7) is 4.78. The van der Waals surface area contributed by atoms with Crippen LogP contribution in [-0.2, 0) is 0 Å². The second-order valence-electron chi connectivity index (χ2n) is 6.92. The van der Waals surface area contributed by atoms with Crippen molar-refractivity contribution in [3.63, 3.8) is 0 Å². The van der Waals surface area contributed by atoms with Crippen LogP contribution in [0.2, 0.25) is 0 Å². The second-order valence-corrected chi connectivity index (χ2v) is 7.83. The number of thiophene rings is 1. The Balaban J connectivity index is 2.07. The summed E-state index contributed by atoms with van der Waals surface area (Å²) in [6, 6.07) is 12.6. The molecule has 1 atom stereocenters. The molecule has 4 rings (SSSR count). The number of rotatable bonds is 4. The molecule has 0 radical (unpaired) electrons. The van der Waals surface area contributed by atoms with Gasteiger partial charge in [-0.2, -0.15) is 4.98 Å². The van der Waals surface area contributed by atoms with Gasteiger partial charge < -0.3 is 15.6 Å². The lowest BCUT2D eigenvalue weighted by atomic mass is 9.93. The number of ether oxygens (including phenoxy) is 1. The normalized spacial score (nSPS) is 12.6. The maximum Gasteiger partial charge on any atom is 0.382 e. The van der Waals surface area contributed by atoms with Crippen LogP contribution in [0.25, 0.3) is 32.1 Å². The molecule has 0 aliphatic heterocycles. The molecule has 2 aromatic carbocycles. The summed E-state index contributed by atoms with van der Waals surface area (Å²) in [6.07, 6.45) is 0. The average Bonchev–Trinajstić information content (AvgIpc) is 3.18. The molecule has 4 nitrogen and oxygen atoms in total. The highest BCUT2D eigenvalue weighted by atomic mass is 32.1. The molecule has 5 heteroatoms. The Hall–Kier alpha value is -2.63. The number of H-pyrrole nitrogens is 1. The minimum Gasteiger partial charge on any atom is -0.496 e. The fraction of sp³-hybridized carbons (Fsp3) is 0.227. The van der Waals surface area contributed by atoms with Crippen molar-refractivity contribution in [3.05, 3.63) is 52.9 Å². The topological polar surface area (TPSA) is 69.6 Å². The Labute approximate surface area is 162 Å². The molecule has 4 aromatic rings. The van der Waals surface area contributed by atoms with Crippen LogP contribution in [0.5, 0.6) is 11.6 Å². The van der Waals surface area contributed by atoms with Crippen LogP contribution < -0.4 is 15.5 Å². The van der Waals surface area contributed by atoms with Gasteiger partial charge in [-0.15, -0.1) is 11.3 Å². The molecule has 4 N–H and O–H groups in total. The van der Waals surface area contributed by atoms with Gasteiger partial charge in [0.1, 0.15) is 10.4 Å². The maximum atomic E-state index is 10.4. The summed E-state index contributed by atoms with van der Waals surface area (Å²) in [5, 5.41) is 14.5. The predicted octanol–water partition coefficient (Wildman–Crippen LogP) is 4.62. The quantitative estimate of drug-likeness (QED) is 0.543. The number of nitrogens with two attached hydrogens (primary N) is 1. The fourth-order valence-corrected chi connectivity index (χ4v) is 4.44. The lowest BCUT2D eigenvalue weighted by Gasteiger charge is -2.15. The number of pyridine rings is 1. The van der Waals surface area contributed by atoms with Gasteiger partial charge in [0, 0.05) is 16.5 Å². The second kappa shape index (κ2) is 6.83. The van der Waals surface area contributed by atoms with Crippen molar-refractivity contribution < 1.29 is 14.8 Å². The van der Waals surface area contributed by atoms with Crippen LogP contribution in [-0.4, -0.2) is 18.8 Å². The van der Waals surface area contributed by atoms with Gasteiger partial charge in [-0.3, -0.25) is 0 Å². The van der Waals surface area contributed by atoms with Crippen LogP contribution in [0.1, 0.15) is 24.0 Å². The van der Waals surface area contributed by atoms with Crippen LogP contribution in [0.4, 0.5) is 0 Å². The molecule has 0 amide bonds. The highest BCUT2D eigenvalue weighted by Gasteiger charge is 2.23. The Kier molecular flexibility index (Phi) is 4.50. The zero-order valence-electron chi connectivity index (χ0n) is 15.7. The third-order valence-electron chi connectivity index (χ3n) is 5.22. The van der Waals surface area contributed by atoms with Gasteiger partial charge in [0.15, 0.2) is 0 Å². The Morgan fingerprint density at radius 1 is 1.22 bits per heavy atom. The van der Waals surface area contributed by atoms with E-state index in [1.54, 1.807) is 7.11 Å². The number of methoxy groups -OCH3 is 1. The van der Waals surface area contributed by atoms with Crippen LogP contribution in [0, 0.1) is 6.92 Å². The molecule has 0 aliphatic carbocycles. The smallest absolute Gasteiger partial charge is 0.382 e. The summed E-state index contributed by atoms with van der Waals surface area (Å²) < 4.78 is 6.60. The summed E-state index contributed by atoms with van der Waals surface area (Å²) >= 11 is 1.53. The molecule has 0 saturated heterocycles. The number of aromatic amines is 1. The molecule has 0 spiro atoms. The first-order valence-corrected chi connectivity index (χ1v) is 9.86. The van der Waals surface area contributed by atoms with E-state index < -0.39 is 0 Å². The monoisotopic (exact) mass is 379 g/mol. The van der Waals surface area contributed by atoms with Gasteiger partial charge in [-0.25, -0.2) is 0 Å². The van der Waals surface area contributed by atoms with E-state index in [2.05, 4.69) is 42.2 Å². The molecular weight excluding hydrogens is 356 g/mol. The largest absolute Gasteiger partial charge is 0.496 e. The molecule has 27 heavy (non-hydrogen) atoms. The van der Waals surface area contributed by atoms with Gasteiger partial charge in [0.2, 0.25) is 5.52 Å². The van der Waals surface area contributed by atoms with E-state index in [4.69, 9.17) is 10.5 Å². The molecule has 0 fully saturated rings. The van der Waals surface area contributed by atoms with Crippen molar-refractivity contribution >= 4 is 32.3 Å². The number of fused-ring (bicyclic) bond motifs is 3. The van der Waals surface area contributed by atoms with Crippen molar-refractivity contribution in [2.45, 2.75) is 19.8 Å². The first kappa shape index (κ1) is 17.8. The van der Waals surface area contributed by atoms with Crippen LogP contribution >= 0.6 is 11.3 Å². The highest BCUT2D eigenvalue weighted by molar-refractivity contribution is 7.17. The third-order valence-corrected chi connectivity index (χ3v) is 6.14. The van der Waals surface area contributed by atoms with E-state index in [0.29, 0.717) is 12.5 Å². The number of aromatic nitrogens is 1. The van der Waals surface area contributed by atoms with Gasteiger partial charge in [-0.1, -0.05) is 31.2 Å². The Morgan fingerprint density at radius 3 is 2.63 bits per heavy atom. The molecule has 0 aliphatic rings. The standard InChI is InChI=1S/C22H22N2O2S/c1-12-10-17(26-3)18(15-6-4-14(5-7-15)13(2)11-23)19-16-8-9-27-21(16)22(25)24-20(12)19/h4-10,13H,11,23H2,1-3H3,(H,24,25)/p+1/t13-/m0/s1. The van der Waals surface area contributed by atoms with E-state index in [1.807, 2.05) is 18.4 Å². The fourth-order valence-electron chi connectivity index (χ4n) is 3.64. The molecule has 0 unspecified atom stereocenters. The Morgan fingerprint density at radius 2 is 1.96 bits per heavy atom. The predicted molar refractivity (Wildman–Crippen MR) is 112 cm³/mol. The van der Waals surface area contributed by atoms with E-state index >= 15 is 0 Å². The SMILES string of the molecule is COc1cc(C)c2[nH+]c(O)c3sccc3c2c1-c1ccc([C@@H](C)CN)cc1. The summed E-state index contributed by atoms with van der Waals surface area (Å²) in [4.78, 5) is 3.18. The first-order chi connectivity index (χ1) is 13.0. The third kappa shape index (κ3) is 2.83. The van der Waals surface area contributed by atoms with Crippen molar-refractivity contribution in [3.8, 4) is 22.8 Å². The number of hydrogen-bond acceptors (Lipinski definition) is 4. The number of aryl methyl sites for hydroxylation is 1. The van der Waals surface area contributed by atoms with E-state index in [1.165, 1.54) is 16.9 Å². The molecule has 138 valence electrons. The van der Waals surface area contributed by atoms with Gasteiger partial charge in [0.25, 0.3) is 0 Å². The van der Waals surface area contributed by atoms with E-state index in [9.17, 15) is 5.11 Å². The lowest BCUT2D eigenvalue weighted by molar-refractivity contribution is -0.360. The zero-order chi connectivity index (χ0) is 19.1. The Bertz CT molecular complexity index is 1130. The van der Waals surface area contributed by atoms with E-state index in [0.717, 1.165) is 43.4 Å². The van der Waals surface area contributed by atoms with E-state index in [-0.39, 0.29) is 5.88 Å². The van der Waals surface area contributed by atoms with Crippen molar-refractivity contribution in [2.75, 3.05) is 13.7 Å². The van der Waals surface area contributed by atoms with Gasteiger partial charge in [-0.05, 0) is 48.0 Å². The molecular formula is C22H23N2O2S+. The van der Waals surface area contributed by atoms with Gasteiger partial charge >= 0.3 is 5.88 Å². The van der Waals surface area contributed by atoms with Gasteiger partial charge in [0.05, 0.1) is 12.5 Å². The van der Waals surface area contributed by atoms with Crippen LogP contribution in [0.3, 0.4) is 0 Å². The summed E-state index contributed by atoms with van der Waals surface area (Å²) in [5.41, 5.74) is 11.1. The minimum absolute atomic E-state index is 0.207. The zero-order valence-corrected chi connectivity index (χ0v) is 16.5. The minimum atomic E-state index is 0.207. The summed E-state index contributed by atoms with van der Waals surface area (Å²) in [5.74, 6) is 1.36. The first-order valence-electron chi connectivity index (χ1n) is 8.98. The maximum absolute atomic E-state index is 10.4. The van der Waals surface area contributed by atoms with Crippen molar-refractivity contribution in [1.82, 2.24) is 0 Å². The lowest BCUT2D eigenvalue weighted by Crippen LogP contribution is -2.09. The average molecular weight is 380 g/mol. The van der Waals surface area contributed by atoms with Crippen molar-refractivity contribution in [2.24, 2.45) is 5.73 Å². The highest BCUT2D eigenvalue weighted by Crippen LogP contribution is 2.43. The number of nitrogens with one attached hydrogen (secondary N) is 1. The molecule has 2 aromatic heterocycles. The number of aromatic hydroxyl groups is 1. The van der Waals surface area contributed by atoms with Crippen LogP contribution in [0.15, 0.2) is 41.8 Å². The number of hydrogen-bond donors (Lipinski definition) is 2. The molecule has 0 saturated carbocycles.